The molecule has 1 rings (SSSR count). The maximum absolute atomic E-state index is 12.3. The first kappa shape index (κ1) is 16.7. The highest BCUT2D eigenvalue weighted by atomic mass is 32.2. The van der Waals surface area contributed by atoms with Crippen LogP contribution in [0.2, 0.25) is 0 Å². The van der Waals surface area contributed by atoms with E-state index in [0.29, 0.717) is 12.1 Å². The standard InChI is InChI=1S/C14H21N3O2S/c1-12(17(2)3)11-16-20(18,19)14-9-5-4-7-13(14)8-6-10-15/h4-5,7,9,12,16H,10-11,15H2,1-3H3. The SMILES string of the molecule is CC(CNS(=O)(=O)c1ccccc1C#CCN)N(C)C. The Bertz CT molecular complexity index is 600. The molecule has 20 heavy (non-hydrogen) atoms. The zero-order chi connectivity index (χ0) is 15.2. The van der Waals surface area contributed by atoms with Gasteiger partial charge < -0.3 is 10.6 Å². The summed E-state index contributed by atoms with van der Waals surface area (Å²) in [5, 5.41) is 0. The molecule has 0 heterocycles. The van der Waals surface area contributed by atoms with Gasteiger partial charge in [-0.05, 0) is 33.2 Å². The number of nitrogens with zero attached hydrogens (tertiary/aromatic N) is 1. The predicted octanol–water partition coefficient (Wildman–Crippen LogP) is 0.225. The highest BCUT2D eigenvalue weighted by Crippen LogP contribution is 2.14. The van der Waals surface area contributed by atoms with Crippen molar-refractivity contribution in [3.8, 4) is 11.8 Å². The molecule has 1 unspecified atom stereocenters. The molecule has 0 aliphatic heterocycles. The van der Waals surface area contributed by atoms with E-state index in [9.17, 15) is 8.42 Å². The molecule has 0 amide bonds. The molecule has 0 saturated carbocycles. The lowest BCUT2D eigenvalue weighted by Gasteiger charge is -2.20. The third-order valence-electron chi connectivity index (χ3n) is 2.95. The van der Waals surface area contributed by atoms with Gasteiger partial charge in [-0.15, -0.1) is 0 Å². The van der Waals surface area contributed by atoms with E-state index in [4.69, 9.17) is 5.73 Å². The van der Waals surface area contributed by atoms with Crippen molar-refractivity contribution < 1.29 is 8.42 Å². The Kier molecular flexibility index (Phi) is 6.17. The monoisotopic (exact) mass is 295 g/mol. The molecule has 0 saturated heterocycles. The summed E-state index contributed by atoms with van der Waals surface area (Å²) < 4.78 is 27.2. The van der Waals surface area contributed by atoms with Crippen LogP contribution in [0, 0.1) is 11.8 Å². The van der Waals surface area contributed by atoms with Crippen LogP contribution >= 0.6 is 0 Å². The molecule has 0 aromatic heterocycles. The molecular weight excluding hydrogens is 274 g/mol. The highest BCUT2D eigenvalue weighted by molar-refractivity contribution is 7.89. The van der Waals surface area contributed by atoms with E-state index >= 15 is 0 Å². The summed E-state index contributed by atoms with van der Waals surface area (Å²) in [5.41, 5.74) is 5.78. The molecule has 1 aromatic rings. The fourth-order valence-electron chi connectivity index (χ4n) is 1.44. The molecule has 0 fully saturated rings. The van der Waals surface area contributed by atoms with Gasteiger partial charge in [-0.2, -0.15) is 0 Å². The van der Waals surface area contributed by atoms with Crippen LogP contribution in [-0.4, -0.2) is 46.5 Å². The minimum atomic E-state index is -3.57. The third-order valence-corrected chi connectivity index (χ3v) is 4.43. The molecule has 0 spiro atoms. The molecule has 0 aliphatic rings. The Morgan fingerprint density at radius 2 is 2.00 bits per heavy atom. The quantitative estimate of drug-likeness (QED) is 0.762. The van der Waals surface area contributed by atoms with Crippen LogP contribution in [0.4, 0.5) is 0 Å². The van der Waals surface area contributed by atoms with Crippen LogP contribution in [0.3, 0.4) is 0 Å². The van der Waals surface area contributed by atoms with Crippen molar-refractivity contribution in [2.75, 3.05) is 27.2 Å². The normalized spacial score (nSPS) is 12.8. The van der Waals surface area contributed by atoms with Crippen molar-refractivity contribution >= 4 is 10.0 Å². The second-order valence-corrected chi connectivity index (χ2v) is 6.40. The Labute approximate surface area is 121 Å². The average Bonchev–Trinajstić information content (AvgIpc) is 2.42. The van der Waals surface area contributed by atoms with E-state index in [1.165, 1.54) is 0 Å². The Morgan fingerprint density at radius 3 is 2.60 bits per heavy atom. The molecule has 0 bridgehead atoms. The first-order valence-electron chi connectivity index (χ1n) is 6.32. The summed E-state index contributed by atoms with van der Waals surface area (Å²) in [6.45, 7) is 2.48. The zero-order valence-electron chi connectivity index (χ0n) is 12.1. The van der Waals surface area contributed by atoms with Gasteiger partial charge in [0.15, 0.2) is 0 Å². The van der Waals surface area contributed by atoms with E-state index in [1.54, 1.807) is 24.3 Å². The smallest absolute Gasteiger partial charge is 0.241 e. The fraction of sp³-hybridized carbons (Fsp3) is 0.429. The van der Waals surface area contributed by atoms with E-state index < -0.39 is 10.0 Å². The van der Waals surface area contributed by atoms with E-state index in [-0.39, 0.29) is 17.5 Å². The summed E-state index contributed by atoms with van der Waals surface area (Å²) in [7, 11) is 0.235. The lowest BCUT2D eigenvalue weighted by molar-refractivity contribution is 0.314. The molecule has 1 atom stereocenters. The summed E-state index contributed by atoms with van der Waals surface area (Å²) >= 11 is 0. The number of benzene rings is 1. The largest absolute Gasteiger partial charge is 0.320 e. The van der Waals surface area contributed by atoms with Gasteiger partial charge in [0.1, 0.15) is 0 Å². The van der Waals surface area contributed by atoms with E-state index in [2.05, 4.69) is 16.6 Å². The molecule has 0 aliphatic carbocycles. The number of rotatable bonds is 5. The van der Waals surface area contributed by atoms with Crippen molar-refractivity contribution in [2.45, 2.75) is 17.9 Å². The Morgan fingerprint density at radius 1 is 1.35 bits per heavy atom. The maximum Gasteiger partial charge on any atom is 0.241 e. The minimum absolute atomic E-state index is 0.104. The van der Waals surface area contributed by atoms with Crippen LogP contribution < -0.4 is 10.5 Å². The third kappa shape index (κ3) is 4.62. The zero-order valence-corrected chi connectivity index (χ0v) is 12.9. The van der Waals surface area contributed by atoms with Crippen molar-refractivity contribution in [1.82, 2.24) is 9.62 Å². The van der Waals surface area contributed by atoms with Gasteiger partial charge in [0.05, 0.1) is 11.4 Å². The van der Waals surface area contributed by atoms with Crippen LogP contribution in [0.15, 0.2) is 29.2 Å². The van der Waals surface area contributed by atoms with Gasteiger partial charge in [0.25, 0.3) is 0 Å². The van der Waals surface area contributed by atoms with Crippen molar-refractivity contribution in [1.29, 1.82) is 0 Å². The lowest BCUT2D eigenvalue weighted by atomic mass is 10.2. The summed E-state index contributed by atoms with van der Waals surface area (Å²) in [6.07, 6.45) is 0. The maximum atomic E-state index is 12.3. The molecule has 6 heteroatoms. The molecular formula is C14H21N3O2S. The van der Waals surface area contributed by atoms with Crippen molar-refractivity contribution in [2.24, 2.45) is 5.73 Å². The van der Waals surface area contributed by atoms with Gasteiger partial charge in [-0.1, -0.05) is 24.0 Å². The number of likely N-dealkylation sites (N-methyl/N-ethyl adjacent to an activating group) is 1. The molecule has 3 N–H and O–H groups in total. The first-order valence-corrected chi connectivity index (χ1v) is 7.81. The fourth-order valence-corrected chi connectivity index (χ4v) is 2.72. The highest BCUT2D eigenvalue weighted by Gasteiger charge is 2.18. The summed E-state index contributed by atoms with van der Waals surface area (Å²) in [6, 6.07) is 6.75. The van der Waals surface area contributed by atoms with Gasteiger partial charge >= 0.3 is 0 Å². The van der Waals surface area contributed by atoms with Gasteiger partial charge in [-0.3, -0.25) is 0 Å². The van der Waals surface area contributed by atoms with E-state index in [1.807, 2.05) is 25.9 Å². The van der Waals surface area contributed by atoms with Crippen LogP contribution in [-0.2, 0) is 10.0 Å². The number of sulfonamides is 1. The Hall–Kier alpha value is -1.39. The number of hydrogen-bond acceptors (Lipinski definition) is 4. The topological polar surface area (TPSA) is 75.4 Å². The van der Waals surface area contributed by atoms with Gasteiger partial charge in [0, 0.05) is 18.2 Å². The van der Waals surface area contributed by atoms with Gasteiger partial charge in [-0.25, -0.2) is 13.1 Å². The minimum Gasteiger partial charge on any atom is -0.320 e. The van der Waals surface area contributed by atoms with Crippen molar-refractivity contribution in [3.63, 3.8) is 0 Å². The predicted molar refractivity (Wildman–Crippen MR) is 80.7 cm³/mol. The number of nitrogens with two attached hydrogens (primary N) is 1. The van der Waals surface area contributed by atoms with Crippen molar-refractivity contribution in [3.05, 3.63) is 29.8 Å². The second kappa shape index (κ2) is 7.41. The van der Waals surface area contributed by atoms with Crippen LogP contribution in [0.1, 0.15) is 12.5 Å². The summed E-state index contributed by atoms with van der Waals surface area (Å²) in [4.78, 5) is 2.13. The molecule has 1 aromatic carbocycles. The Balaban J connectivity index is 2.98. The van der Waals surface area contributed by atoms with Gasteiger partial charge in [0.2, 0.25) is 10.0 Å². The molecule has 5 nitrogen and oxygen atoms in total. The summed E-state index contributed by atoms with van der Waals surface area (Å²) in [5.74, 6) is 5.46. The number of hydrogen-bond donors (Lipinski definition) is 2. The first-order chi connectivity index (χ1) is 9.38. The molecule has 110 valence electrons. The lowest BCUT2D eigenvalue weighted by Crippen LogP contribution is -2.38. The molecule has 0 radical (unpaired) electrons. The number of nitrogens with one attached hydrogen (secondary N) is 1. The van der Waals surface area contributed by atoms with Crippen LogP contribution in [0.25, 0.3) is 0 Å². The van der Waals surface area contributed by atoms with Crippen LogP contribution in [0.5, 0.6) is 0 Å². The average molecular weight is 295 g/mol. The van der Waals surface area contributed by atoms with E-state index in [0.717, 1.165) is 0 Å². The second-order valence-electron chi connectivity index (χ2n) is 4.67.